The Balaban J connectivity index is 1.56. The van der Waals surface area contributed by atoms with Crippen molar-refractivity contribution in [1.82, 2.24) is 24.1 Å². The molecule has 1 atom stereocenters. The van der Waals surface area contributed by atoms with E-state index in [1.54, 1.807) is 0 Å². The number of nitrogens with one attached hydrogen (secondary N) is 1. The summed E-state index contributed by atoms with van der Waals surface area (Å²) >= 11 is 1.46. The number of carbonyl (C=O) groups excluding carboxylic acids is 1. The Labute approximate surface area is 180 Å². The standard InChI is InChI=1S/C21H38N6OS/c1-7-25-10-8-9-16(25)15-22-19-23-17(24-29-19)21(5,6)27-13-11-26(12-14-27)18(28)20(2,3)4/h16H,7-15H2,1-6H3,(H,22,23,24)/t16-/m0/s1. The molecule has 0 saturated carbocycles. The number of anilines is 1. The van der Waals surface area contributed by atoms with Crippen LogP contribution in [0.15, 0.2) is 0 Å². The second kappa shape index (κ2) is 8.86. The molecule has 0 spiro atoms. The van der Waals surface area contributed by atoms with Gasteiger partial charge in [0.15, 0.2) is 5.82 Å². The van der Waals surface area contributed by atoms with Crippen LogP contribution in [-0.2, 0) is 10.3 Å². The van der Waals surface area contributed by atoms with Crippen LogP contribution in [0.25, 0.3) is 0 Å². The summed E-state index contributed by atoms with van der Waals surface area (Å²) in [6.45, 7) is 19.1. The van der Waals surface area contributed by atoms with Crippen molar-refractivity contribution in [2.45, 2.75) is 66.0 Å². The van der Waals surface area contributed by atoms with Crippen LogP contribution >= 0.6 is 11.5 Å². The Bertz CT molecular complexity index is 690. The average Bonchev–Trinajstić information content (AvgIpc) is 3.34. The van der Waals surface area contributed by atoms with Crippen LogP contribution in [0.5, 0.6) is 0 Å². The molecule has 1 aromatic heterocycles. The van der Waals surface area contributed by atoms with Gasteiger partial charge in [-0.15, -0.1) is 0 Å². The molecule has 0 unspecified atom stereocenters. The summed E-state index contributed by atoms with van der Waals surface area (Å²) in [4.78, 5) is 24.3. The first-order valence-corrected chi connectivity index (χ1v) is 11.8. The maximum Gasteiger partial charge on any atom is 0.228 e. The summed E-state index contributed by atoms with van der Waals surface area (Å²) in [5.74, 6) is 1.11. The fourth-order valence-corrected chi connectivity index (χ4v) is 5.09. The number of likely N-dealkylation sites (N-methyl/N-ethyl adjacent to an activating group) is 1. The predicted molar refractivity (Wildman–Crippen MR) is 119 cm³/mol. The van der Waals surface area contributed by atoms with E-state index < -0.39 is 0 Å². The van der Waals surface area contributed by atoms with Gasteiger partial charge in [-0.05, 0) is 39.8 Å². The van der Waals surface area contributed by atoms with Gasteiger partial charge in [0.2, 0.25) is 11.0 Å². The first kappa shape index (κ1) is 22.4. The van der Waals surface area contributed by atoms with Crippen molar-refractivity contribution in [2.75, 3.05) is 51.1 Å². The van der Waals surface area contributed by atoms with E-state index in [1.165, 1.54) is 30.9 Å². The normalized spacial score (nSPS) is 22.3. The van der Waals surface area contributed by atoms with Gasteiger partial charge in [-0.25, -0.2) is 4.98 Å². The van der Waals surface area contributed by atoms with E-state index in [4.69, 9.17) is 4.98 Å². The minimum atomic E-state index is -0.318. The highest BCUT2D eigenvalue weighted by atomic mass is 32.1. The molecule has 3 rings (SSSR count). The highest BCUT2D eigenvalue weighted by Gasteiger charge is 2.37. The number of piperazine rings is 1. The monoisotopic (exact) mass is 422 g/mol. The molecule has 2 saturated heterocycles. The molecule has 0 radical (unpaired) electrons. The van der Waals surface area contributed by atoms with Crippen molar-refractivity contribution in [3.05, 3.63) is 5.82 Å². The summed E-state index contributed by atoms with van der Waals surface area (Å²) in [5, 5.41) is 4.43. The number of amides is 1. The molecule has 2 aliphatic rings. The zero-order chi connectivity index (χ0) is 21.2. The van der Waals surface area contributed by atoms with E-state index in [0.29, 0.717) is 6.04 Å². The van der Waals surface area contributed by atoms with Crippen LogP contribution < -0.4 is 5.32 Å². The van der Waals surface area contributed by atoms with Gasteiger partial charge in [0.25, 0.3) is 0 Å². The third-order valence-electron chi connectivity index (χ3n) is 6.37. The molecule has 0 bridgehead atoms. The van der Waals surface area contributed by atoms with Crippen LogP contribution in [0.1, 0.15) is 60.2 Å². The molecule has 0 aromatic carbocycles. The van der Waals surface area contributed by atoms with Crippen LogP contribution in [0.3, 0.4) is 0 Å². The van der Waals surface area contributed by atoms with Gasteiger partial charge in [-0.2, -0.15) is 4.37 Å². The molecule has 3 heterocycles. The molecule has 7 nitrogen and oxygen atoms in total. The van der Waals surface area contributed by atoms with E-state index in [2.05, 4.69) is 40.3 Å². The Kier molecular flexibility index (Phi) is 6.85. The Morgan fingerprint density at radius 3 is 2.45 bits per heavy atom. The van der Waals surface area contributed by atoms with E-state index in [9.17, 15) is 4.79 Å². The van der Waals surface area contributed by atoms with E-state index >= 15 is 0 Å². The topological polar surface area (TPSA) is 64.6 Å². The van der Waals surface area contributed by atoms with E-state index in [-0.39, 0.29) is 16.9 Å². The Morgan fingerprint density at radius 1 is 1.14 bits per heavy atom. The highest BCUT2D eigenvalue weighted by Crippen LogP contribution is 2.30. The number of aromatic nitrogens is 2. The number of nitrogens with zero attached hydrogens (tertiary/aromatic N) is 5. The lowest BCUT2D eigenvalue weighted by Crippen LogP contribution is -2.56. The third kappa shape index (κ3) is 5.09. The number of carbonyl (C=O) groups is 1. The summed E-state index contributed by atoms with van der Waals surface area (Å²) < 4.78 is 4.67. The van der Waals surface area contributed by atoms with Gasteiger partial charge >= 0.3 is 0 Å². The lowest BCUT2D eigenvalue weighted by molar-refractivity contribution is -0.142. The van der Waals surface area contributed by atoms with Crippen LogP contribution in [-0.4, -0.2) is 81.8 Å². The van der Waals surface area contributed by atoms with Gasteiger partial charge in [-0.1, -0.05) is 27.7 Å². The zero-order valence-electron chi connectivity index (χ0n) is 19.0. The first-order chi connectivity index (χ1) is 13.6. The molecule has 1 aromatic rings. The quantitative estimate of drug-likeness (QED) is 0.761. The molecular formula is C21H38N6OS. The molecular weight excluding hydrogens is 384 g/mol. The van der Waals surface area contributed by atoms with Crippen LogP contribution in [0.2, 0.25) is 0 Å². The minimum absolute atomic E-state index is 0.237. The predicted octanol–water partition coefficient (Wildman–Crippen LogP) is 2.86. The smallest absolute Gasteiger partial charge is 0.228 e. The molecule has 1 N–H and O–H groups in total. The van der Waals surface area contributed by atoms with Gasteiger partial charge < -0.3 is 10.2 Å². The summed E-state index contributed by atoms with van der Waals surface area (Å²) in [7, 11) is 0. The van der Waals surface area contributed by atoms with Crippen molar-refractivity contribution in [3.8, 4) is 0 Å². The van der Waals surface area contributed by atoms with Gasteiger partial charge in [0, 0.05) is 55.7 Å². The molecule has 0 aliphatic carbocycles. The number of hydrogen-bond donors (Lipinski definition) is 1. The van der Waals surface area contributed by atoms with Gasteiger partial charge in [0.1, 0.15) is 0 Å². The Morgan fingerprint density at radius 2 is 1.83 bits per heavy atom. The maximum absolute atomic E-state index is 12.5. The fraction of sp³-hybridized carbons (Fsp3) is 0.857. The second-order valence-corrected chi connectivity index (χ2v) is 10.6. The average molecular weight is 423 g/mol. The lowest BCUT2D eigenvalue weighted by Gasteiger charge is -2.43. The van der Waals surface area contributed by atoms with Crippen molar-refractivity contribution in [3.63, 3.8) is 0 Å². The summed E-state index contributed by atoms with van der Waals surface area (Å²) in [6.07, 6.45) is 2.55. The molecule has 1 amide bonds. The molecule has 29 heavy (non-hydrogen) atoms. The lowest BCUT2D eigenvalue weighted by atomic mass is 9.94. The van der Waals surface area contributed by atoms with Crippen LogP contribution in [0, 0.1) is 5.41 Å². The van der Waals surface area contributed by atoms with Crippen molar-refractivity contribution in [1.29, 1.82) is 0 Å². The zero-order valence-corrected chi connectivity index (χ0v) is 19.8. The second-order valence-electron chi connectivity index (χ2n) is 9.82. The van der Waals surface area contributed by atoms with E-state index in [1.807, 2.05) is 25.7 Å². The summed E-state index contributed by atoms with van der Waals surface area (Å²) in [5.41, 5.74) is -0.558. The molecule has 164 valence electrons. The minimum Gasteiger partial charge on any atom is -0.359 e. The fourth-order valence-electron chi connectivity index (χ4n) is 4.38. The molecule has 8 heteroatoms. The van der Waals surface area contributed by atoms with Gasteiger partial charge in [-0.3, -0.25) is 14.6 Å². The molecule has 2 fully saturated rings. The van der Waals surface area contributed by atoms with Crippen molar-refractivity contribution in [2.24, 2.45) is 5.41 Å². The van der Waals surface area contributed by atoms with Gasteiger partial charge in [0.05, 0.1) is 5.54 Å². The van der Waals surface area contributed by atoms with Crippen molar-refractivity contribution >= 4 is 22.6 Å². The largest absolute Gasteiger partial charge is 0.359 e. The van der Waals surface area contributed by atoms with Crippen LogP contribution in [0.4, 0.5) is 5.13 Å². The SMILES string of the molecule is CCN1CCC[C@H]1CNc1nc(C(C)(C)N2CCN(C(=O)C(C)(C)C)CC2)ns1. The number of hydrogen-bond acceptors (Lipinski definition) is 7. The number of likely N-dealkylation sites (tertiary alicyclic amines) is 1. The summed E-state index contributed by atoms with van der Waals surface area (Å²) in [6, 6.07) is 0.605. The van der Waals surface area contributed by atoms with Crippen molar-refractivity contribution < 1.29 is 4.79 Å². The Hall–Kier alpha value is -1.25. The third-order valence-corrected chi connectivity index (χ3v) is 7.04. The van der Waals surface area contributed by atoms with E-state index in [0.717, 1.165) is 50.2 Å². The number of rotatable bonds is 6. The highest BCUT2D eigenvalue weighted by molar-refractivity contribution is 7.09. The first-order valence-electron chi connectivity index (χ1n) is 11.0. The molecule has 2 aliphatic heterocycles. The maximum atomic E-state index is 12.5.